The van der Waals surface area contributed by atoms with Crippen LogP contribution < -0.4 is 5.56 Å². The zero-order valence-corrected chi connectivity index (χ0v) is 14.2. The number of aromatic hydroxyl groups is 1. The van der Waals surface area contributed by atoms with Crippen LogP contribution in [0.1, 0.15) is 20.8 Å². The molecule has 0 saturated heterocycles. The second-order valence-electron chi connectivity index (χ2n) is 6.83. The van der Waals surface area contributed by atoms with Crippen LogP contribution in [-0.4, -0.2) is 9.67 Å². The van der Waals surface area contributed by atoms with Gasteiger partial charge >= 0.3 is 0 Å². The summed E-state index contributed by atoms with van der Waals surface area (Å²) in [5, 5.41) is 10.6. The minimum Gasteiger partial charge on any atom is -0.507 e. The van der Waals surface area contributed by atoms with Crippen LogP contribution in [0.15, 0.2) is 71.5 Å². The minimum atomic E-state index is -0.417. The Morgan fingerprint density at radius 2 is 1.33 bits per heavy atom. The molecule has 0 amide bonds. The lowest BCUT2D eigenvalue weighted by Crippen LogP contribution is -2.35. The van der Waals surface area contributed by atoms with Crippen molar-refractivity contribution in [3.05, 3.63) is 77.1 Å². The summed E-state index contributed by atoms with van der Waals surface area (Å²) in [6.07, 6.45) is 0. The lowest BCUT2D eigenvalue weighted by molar-refractivity contribution is 0.385. The molecule has 1 aromatic heterocycles. The van der Waals surface area contributed by atoms with Crippen molar-refractivity contribution in [1.82, 2.24) is 4.57 Å². The highest BCUT2D eigenvalue weighted by atomic mass is 16.3. The molecule has 0 unspecified atom stereocenters. The molecule has 0 aliphatic heterocycles. The van der Waals surface area contributed by atoms with Gasteiger partial charge in [-0.1, -0.05) is 60.7 Å². The van der Waals surface area contributed by atoms with Gasteiger partial charge in [0.2, 0.25) is 0 Å². The van der Waals surface area contributed by atoms with E-state index >= 15 is 0 Å². The van der Waals surface area contributed by atoms with Crippen molar-refractivity contribution in [2.24, 2.45) is 0 Å². The Kier molecular flexibility index (Phi) is 4.02. The monoisotopic (exact) mass is 319 g/mol. The lowest BCUT2D eigenvalue weighted by atomic mass is 9.99. The summed E-state index contributed by atoms with van der Waals surface area (Å²) in [5.74, 6) is 0.00514. The first kappa shape index (κ1) is 16.1. The molecule has 3 rings (SSSR count). The van der Waals surface area contributed by atoms with E-state index in [4.69, 9.17) is 0 Å². The molecule has 24 heavy (non-hydrogen) atoms. The third kappa shape index (κ3) is 2.85. The van der Waals surface area contributed by atoms with Crippen molar-refractivity contribution < 1.29 is 5.11 Å². The van der Waals surface area contributed by atoms with Gasteiger partial charge in [0, 0.05) is 11.6 Å². The molecule has 0 saturated carbocycles. The number of hydrogen-bond acceptors (Lipinski definition) is 2. The van der Waals surface area contributed by atoms with Crippen LogP contribution in [0.5, 0.6) is 5.75 Å². The van der Waals surface area contributed by atoms with Crippen molar-refractivity contribution >= 4 is 0 Å². The predicted octanol–water partition coefficient (Wildman–Crippen LogP) is 4.64. The molecule has 0 aliphatic carbocycles. The van der Waals surface area contributed by atoms with Crippen LogP contribution in [0.3, 0.4) is 0 Å². The maximum Gasteiger partial charge on any atom is 0.263 e. The summed E-state index contributed by atoms with van der Waals surface area (Å²) in [5.41, 5.74) is 2.07. The normalized spacial score (nSPS) is 11.5. The molecule has 1 N–H and O–H groups in total. The fraction of sp³-hybridized carbons (Fsp3) is 0.190. The van der Waals surface area contributed by atoms with Crippen molar-refractivity contribution in [2.45, 2.75) is 26.3 Å². The van der Waals surface area contributed by atoms with Gasteiger partial charge in [0.1, 0.15) is 5.75 Å². The molecule has 2 aromatic carbocycles. The Hall–Kier alpha value is -2.81. The Morgan fingerprint density at radius 3 is 1.83 bits per heavy atom. The summed E-state index contributed by atoms with van der Waals surface area (Å²) in [6, 6.07) is 20.6. The molecule has 1 heterocycles. The number of hydrogen-bond donors (Lipinski definition) is 1. The van der Waals surface area contributed by atoms with Gasteiger partial charge < -0.3 is 9.67 Å². The molecular formula is C21H21NO2. The highest BCUT2D eigenvalue weighted by Crippen LogP contribution is 2.32. The number of aromatic nitrogens is 1. The van der Waals surface area contributed by atoms with Gasteiger partial charge in [-0.15, -0.1) is 0 Å². The lowest BCUT2D eigenvalue weighted by Gasteiger charge is -2.27. The standard InChI is InChI=1S/C21H21NO2/c1-21(2,3)22-17(15-10-6-4-7-11-15)14-18(23)19(20(22)24)16-12-8-5-9-13-16/h4-14,23H,1-3H3. The van der Waals surface area contributed by atoms with Gasteiger partial charge in [-0.2, -0.15) is 0 Å². The molecular weight excluding hydrogens is 298 g/mol. The predicted molar refractivity (Wildman–Crippen MR) is 98.2 cm³/mol. The van der Waals surface area contributed by atoms with Crippen LogP contribution in [0, 0.1) is 0 Å². The van der Waals surface area contributed by atoms with Crippen LogP contribution in [0.2, 0.25) is 0 Å². The zero-order chi connectivity index (χ0) is 17.3. The molecule has 0 spiro atoms. The van der Waals surface area contributed by atoms with Gasteiger partial charge in [-0.3, -0.25) is 4.79 Å². The first-order chi connectivity index (χ1) is 11.4. The minimum absolute atomic E-state index is 0.00514. The number of pyridine rings is 1. The third-order valence-corrected chi connectivity index (χ3v) is 3.99. The van der Waals surface area contributed by atoms with E-state index in [1.165, 1.54) is 0 Å². The average Bonchev–Trinajstić information content (AvgIpc) is 2.55. The molecule has 0 radical (unpaired) electrons. The van der Waals surface area contributed by atoms with Crippen molar-refractivity contribution in [1.29, 1.82) is 0 Å². The second-order valence-corrected chi connectivity index (χ2v) is 6.83. The zero-order valence-electron chi connectivity index (χ0n) is 14.2. The fourth-order valence-corrected chi connectivity index (χ4v) is 2.96. The molecule has 0 aliphatic rings. The average molecular weight is 319 g/mol. The van der Waals surface area contributed by atoms with Crippen LogP contribution in [0.4, 0.5) is 0 Å². The van der Waals surface area contributed by atoms with Gasteiger partial charge in [0.25, 0.3) is 5.56 Å². The van der Waals surface area contributed by atoms with Gasteiger partial charge in [0.05, 0.1) is 11.3 Å². The van der Waals surface area contributed by atoms with E-state index in [1.807, 2.05) is 81.4 Å². The molecule has 0 atom stereocenters. The smallest absolute Gasteiger partial charge is 0.263 e. The van der Waals surface area contributed by atoms with Gasteiger partial charge in [-0.05, 0) is 31.9 Å². The molecule has 3 aromatic rings. The summed E-state index contributed by atoms with van der Waals surface area (Å²) in [4.78, 5) is 13.2. The molecule has 3 heteroatoms. The SMILES string of the molecule is CC(C)(C)n1c(-c2ccccc2)cc(O)c(-c2ccccc2)c1=O. The van der Waals surface area contributed by atoms with E-state index in [2.05, 4.69) is 0 Å². The molecule has 3 nitrogen and oxygen atoms in total. The van der Waals surface area contributed by atoms with Crippen molar-refractivity contribution in [2.75, 3.05) is 0 Å². The highest BCUT2D eigenvalue weighted by Gasteiger charge is 2.24. The molecule has 0 bridgehead atoms. The third-order valence-electron chi connectivity index (χ3n) is 3.99. The van der Waals surface area contributed by atoms with Crippen molar-refractivity contribution in [3.8, 4) is 28.1 Å². The maximum atomic E-state index is 13.2. The van der Waals surface area contributed by atoms with E-state index < -0.39 is 5.54 Å². The molecule has 0 fully saturated rings. The second kappa shape index (κ2) is 6.00. The van der Waals surface area contributed by atoms with Gasteiger partial charge in [-0.25, -0.2) is 0 Å². The molecule has 122 valence electrons. The Balaban J connectivity index is 2.37. The maximum absolute atomic E-state index is 13.2. The topological polar surface area (TPSA) is 42.2 Å². The Labute approximate surface area is 141 Å². The number of benzene rings is 2. The van der Waals surface area contributed by atoms with E-state index in [-0.39, 0.29) is 11.3 Å². The Morgan fingerprint density at radius 1 is 0.833 bits per heavy atom. The fourth-order valence-electron chi connectivity index (χ4n) is 2.96. The van der Waals surface area contributed by atoms with E-state index in [1.54, 1.807) is 10.6 Å². The van der Waals surface area contributed by atoms with Crippen LogP contribution in [0.25, 0.3) is 22.4 Å². The van der Waals surface area contributed by atoms with Crippen molar-refractivity contribution in [3.63, 3.8) is 0 Å². The largest absolute Gasteiger partial charge is 0.507 e. The van der Waals surface area contributed by atoms with Crippen LogP contribution >= 0.6 is 0 Å². The van der Waals surface area contributed by atoms with E-state index in [9.17, 15) is 9.90 Å². The van der Waals surface area contributed by atoms with E-state index in [0.717, 1.165) is 11.1 Å². The number of rotatable bonds is 2. The number of nitrogens with zero attached hydrogens (tertiary/aromatic N) is 1. The quantitative estimate of drug-likeness (QED) is 0.747. The summed E-state index contributed by atoms with van der Waals surface area (Å²) < 4.78 is 1.75. The first-order valence-electron chi connectivity index (χ1n) is 8.00. The Bertz CT molecular complexity index is 904. The van der Waals surface area contributed by atoms with E-state index in [0.29, 0.717) is 11.3 Å². The summed E-state index contributed by atoms with van der Waals surface area (Å²) in [6.45, 7) is 5.98. The first-order valence-corrected chi connectivity index (χ1v) is 8.00. The van der Waals surface area contributed by atoms with Crippen LogP contribution in [-0.2, 0) is 5.54 Å². The highest BCUT2D eigenvalue weighted by molar-refractivity contribution is 5.73. The summed E-state index contributed by atoms with van der Waals surface area (Å²) in [7, 11) is 0. The summed E-state index contributed by atoms with van der Waals surface area (Å²) >= 11 is 0. The van der Waals surface area contributed by atoms with Gasteiger partial charge in [0.15, 0.2) is 0 Å².